The summed E-state index contributed by atoms with van der Waals surface area (Å²) in [6, 6.07) is 18.5. The van der Waals surface area contributed by atoms with Crippen LogP contribution in [-0.4, -0.2) is 54.3 Å². The van der Waals surface area contributed by atoms with Crippen molar-refractivity contribution in [1.29, 1.82) is 0 Å². The van der Waals surface area contributed by atoms with Gasteiger partial charge in [0.25, 0.3) is 0 Å². The number of likely N-dealkylation sites (tertiary alicyclic amines) is 1. The largest absolute Gasteiger partial charge is 0.491 e. The molecule has 1 unspecified atom stereocenters. The van der Waals surface area contributed by atoms with Crippen molar-refractivity contribution in [3.05, 3.63) is 65.7 Å². The molecular formula is C21H28N2O2. The minimum absolute atomic E-state index is 0.310. The first-order valence-electron chi connectivity index (χ1n) is 9.04. The molecule has 1 atom stereocenters. The van der Waals surface area contributed by atoms with Crippen LogP contribution in [0.2, 0.25) is 0 Å². The Morgan fingerprint density at radius 3 is 2.40 bits per heavy atom. The fourth-order valence-corrected chi connectivity index (χ4v) is 3.05. The van der Waals surface area contributed by atoms with E-state index in [9.17, 15) is 5.11 Å². The highest BCUT2D eigenvalue weighted by molar-refractivity contribution is 5.27. The molecule has 3 rings (SSSR count). The Morgan fingerprint density at radius 2 is 1.76 bits per heavy atom. The minimum Gasteiger partial charge on any atom is -0.491 e. The molecule has 4 heteroatoms. The van der Waals surface area contributed by atoms with Crippen molar-refractivity contribution < 1.29 is 9.84 Å². The van der Waals surface area contributed by atoms with E-state index >= 15 is 0 Å². The van der Waals surface area contributed by atoms with E-state index in [1.54, 1.807) is 0 Å². The quantitative estimate of drug-likeness (QED) is 0.761. The summed E-state index contributed by atoms with van der Waals surface area (Å²) < 4.78 is 5.73. The normalized spacial score (nSPS) is 15.8. The third-order valence-corrected chi connectivity index (χ3v) is 4.54. The molecule has 0 radical (unpaired) electrons. The molecule has 1 saturated heterocycles. The monoisotopic (exact) mass is 340 g/mol. The Bertz CT molecular complexity index is 626. The Kier molecular flexibility index (Phi) is 6.45. The van der Waals surface area contributed by atoms with Crippen molar-refractivity contribution in [2.24, 2.45) is 0 Å². The van der Waals surface area contributed by atoms with Gasteiger partial charge in [0.2, 0.25) is 0 Å². The predicted molar refractivity (Wildman–Crippen MR) is 101 cm³/mol. The van der Waals surface area contributed by atoms with Gasteiger partial charge in [0, 0.05) is 19.6 Å². The van der Waals surface area contributed by atoms with Gasteiger partial charge in [-0.1, -0.05) is 42.5 Å². The van der Waals surface area contributed by atoms with Gasteiger partial charge in [-0.15, -0.1) is 0 Å². The predicted octanol–water partition coefficient (Wildman–Crippen LogP) is 2.76. The summed E-state index contributed by atoms with van der Waals surface area (Å²) in [5.74, 6) is 0.817. The van der Waals surface area contributed by atoms with E-state index in [1.807, 2.05) is 37.4 Å². The van der Waals surface area contributed by atoms with E-state index in [1.165, 1.54) is 30.6 Å². The maximum atomic E-state index is 10.2. The smallest absolute Gasteiger partial charge is 0.119 e. The van der Waals surface area contributed by atoms with Gasteiger partial charge in [-0.25, -0.2) is 0 Å². The van der Waals surface area contributed by atoms with Gasteiger partial charge in [-0.3, -0.25) is 9.80 Å². The minimum atomic E-state index is -0.505. The third kappa shape index (κ3) is 5.85. The molecule has 134 valence electrons. The standard InChI is InChI=1S/C21H28N2O2/c1-22(14-18-6-3-2-4-7-18)16-20(24)17-25-21-10-8-19(9-11-21)15-23-12-5-13-23/h2-4,6-11,20,24H,5,12-17H2,1H3. The van der Waals surface area contributed by atoms with Gasteiger partial charge < -0.3 is 9.84 Å². The van der Waals surface area contributed by atoms with Crippen LogP contribution in [0.5, 0.6) is 5.75 Å². The van der Waals surface area contributed by atoms with Crippen molar-refractivity contribution >= 4 is 0 Å². The number of nitrogens with zero attached hydrogens (tertiary/aromatic N) is 2. The van der Waals surface area contributed by atoms with Crippen LogP contribution >= 0.6 is 0 Å². The van der Waals surface area contributed by atoms with Crippen molar-refractivity contribution in [3.8, 4) is 5.75 Å². The van der Waals surface area contributed by atoms with Crippen LogP contribution in [0, 0.1) is 0 Å². The first kappa shape index (κ1) is 17.9. The Balaban J connectivity index is 1.38. The third-order valence-electron chi connectivity index (χ3n) is 4.54. The molecule has 0 aromatic heterocycles. The lowest BCUT2D eigenvalue weighted by molar-refractivity contribution is 0.0744. The molecule has 0 saturated carbocycles. The molecule has 4 nitrogen and oxygen atoms in total. The van der Waals surface area contributed by atoms with E-state index in [-0.39, 0.29) is 0 Å². The van der Waals surface area contributed by atoms with Crippen molar-refractivity contribution in [3.63, 3.8) is 0 Å². The highest BCUT2D eigenvalue weighted by Crippen LogP contribution is 2.16. The lowest BCUT2D eigenvalue weighted by Gasteiger charge is -2.30. The Morgan fingerprint density at radius 1 is 1.04 bits per heavy atom. The number of hydrogen-bond acceptors (Lipinski definition) is 4. The first-order chi connectivity index (χ1) is 12.2. The summed E-state index contributed by atoms with van der Waals surface area (Å²) in [6.45, 7) is 5.16. The highest BCUT2D eigenvalue weighted by atomic mass is 16.5. The van der Waals surface area contributed by atoms with E-state index in [2.05, 4.69) is 34.1 Å². The lowest BCUT2D eigenvalue weighted by Crippen LogP contribution is -2.36. The van der Waals surface area contributed by atoms with Crippen LogP contribution in [0.15, 0.2) is 54.6 Å². The fraction of sp³-hybridized carbons (Fsp3) is 0.429. The Hall–Kier alpha value is -1.88. The number of hydrogen-bond donors (Lipinski definition) is 1. The van der Waals surface area contributed by atoms with Gasteiger partial charge in [-0.05, 0) is 49.8 Å². The van der Waals surface area contributed by atoms with Gasteiger partial charge >= 0.3 is 0 Å². The summed E-state index contributed by atoms with van der Waals surface area (Å²) in [5, 5.41) is 10.2. The fourth-order valence-electron chi connectivity index (χ4n) is 3.05. The van der Waals surface area contributed by atoms with Crippen LogP contribution in [0.4, 0.5) is 0 Å². The number of ether oxygens (including phenoxy) is 1. The van der Waals surface area contributed by atoms with Crippen molar-refractivity contribution in [2.75, 3.05) is 33.3 Å². The van der Waals surface area contributed by atoms with Crippen LogP contribution in [0.1, 0.15) is 17.5 Å². The molecule has 1 aliphatic rings. The van der Waals surface area contributed by atoms with Gasteiger partial charge in [0.05, 0.1) is 0 Å². The molecule has 0 aliphatic carbocycles. The first-order valence-corrected chi connectivity index (χ1v) is 9.04. The lowest BCUT2D eigenvalue weighted by atomic mass is 10.1. The molecule has 1 heterocycles. The number of likely N-dealkylation sites (N-methyl/N-ethyl adjacent to an activating group) is 1. The van der Waals surface area contributed by atoms with E-state index < -0.39 is 6.10 Å². The average Bonchev–Trinajstić information content (AvgIpc) is 2.58. The molecule has 2 aromatic rings. The van der Waals surface area contributed by atoms with Crippen LogP contribution in [-0.2, 0) is 13.1 Å². The van der Waals surface area contributed by atoms with Gasteiger partial charge in [0.1, 0.15) is 18.5 Å². The number of rotatable bonds is 9. The average molecular weight is 340 g/mol. The second-order valence-corrected chi connectivity index (χ2v) is 6.92. The van der Waals surface area contributed by atoms with Gasteiger partial charge in [-0.2, -0.15) is 0 Å². The molecule has 1 aliphatic heterocycles. The zero-order valence-corrected chi connectivity index (χ0v) is 15.0. The highest BCUT2D eigenvalue weighted by Gasteiger charge is 2.14. The second kappa shape index (κ2) is 8.99. The molecule has 0 spiro atoms. The van der Waals surface area contributed by atoms with Crippen LogP contribution < -0.4 is 4.74 Å². The number of aliphatic hydroxyl groups is 1. The van der Waals surface area contributed by atoms with Crippen molar-refractivity contribution in [2.45, 2.75) is 25.6 Å². The summed E-state index contributed by atoms with van der Waals surface area (Å²) in [7, 11) is 2.01. The molecule has 0 amide bonds. The maximum absolute atomic E-state index is 10.2. The molecule has 0 bridgehead atoms. The summed E-state index contributed by atoms with van der Waals surface area (Å²) in [6.07, 6.45) is 0.812. The second-order valence-electron chi connectivity index (χ2n) is 6.92. The zero-order valence-electron chi connectivity index (χ0n) is 15.0. The summed E-state index contributed by atoms with van der Waals surface area (Å²) in [5.41, 5.74) is 2.56. The van der Waals surface area contributed by atoms with Crippen LogP contribution in [0.25, 0.3) is 0 Å². The van der Waals surface area contributed by atoms with E-state index in [0.717, 1.165) is 18.8 Å². The molecule has 2 aromatic carbocycles. The zero-order chi connectivity index (χ0) is 17.5. The van der Waals surface area contributed by atoms with E-state index in [0.29, 0.717) is 13.2 Å². The number of benzene rings is 2. The SMILES string of the molecule is CN(Cc1ccccc1)CC(O)COc1ccc(CN2CCC2)cc1. The summed E-state index contributed by atoms with van der Waals surface area (Å²) in [4.78, 5) is 4.54. The van der Waals surface area contributed by atoms with E-state index in [4.69, 9.17) is 4.74 Å². The molecule has 1 N–H and O–H groups in total. The molecule has 1 fully saturated rings. The maximum Gasteiger partial charge on any atom is 0.119 e. The van der Waals surface area contributed by atoms with Gasteiger partial charge in [0.15, 0.2) is 0 Å². The Labute approximate surface area is 150 Å². The summed E-state index contributed by atoms with van der Waals surface area (Å²) >= 11 is 0. The topological polar surface area (TPSA) is 35.9 Å². The number of aliphatic hydroxyl groups excluding tert-OH is 1. The van der Waals surface area contributed by atoms with Crippen LogP contribution in [0.3, 0.4) is 0 Å². The molecule has 25 heavy (non-hydrogen) atoms. The molecular weight excluding hydrogens is 312 g/mol. The van der Waals surface area contributed by atoms with Crippen molar-refractivity contribution in [1.82, 2.24) is 9.80 Å².